The van der Waals surface area contributed by atoms with E-state index in [0.717, 1.165) is 16.5 Å². The van der Waals surface area contributed by atoms with Gasteiger partial charge in [-0.25, -0.2) is 14.0 Å². The van der Waals surface area contributed by atoms with Crippen molar-refractivity contribution in [1.29, 1.82) is 0 Å². The highest BCUT2D eigenvalue weighted by molar-refractivity contribution is 5.84. The number of aromatic nitrogens is 1. The van der Waals surface area contributed by atoms with Crippen LogP contribution in [0.15, 0.2) is 54.7 Å². The van der Waals surface area contributed by atoms with E-state index in [9.17, 15) is 19.1 Å². The summed E-state index contributed by atoms with van der Waals surface area (Å²) in [5, 5.41) is 12.0. The Kier molecular flexibility index (Phi) is 7.73. The van der Waals surface area contributed by atoms with Crippen molar-refractivity contribution in [2.45, 2.75) is 57.5 Å². The van der Waals surface area contributed by atoms with Crippen LogP contribution >= 0.6 is 0 Å². The predicted octanol–water partition coefficient (Wildman–Crippen LogP) is 5.03. The lowest BCUT2D eigenvalue weighted by molar-refractivity contribution is 0.00736. The Balaban J connectivity index is 1.53. The molecule has 0 bridgehead atoms. The molecule has 1 saturated heterocycles. The fourth-order valence-electron chi connectivity index (χ4n) is 4.74. The first-order chi connectivity index (χ1) is 17.5. The monoisotopic (exact) mass is 511 g/mol. The number of rotatable bonds is 6. The van der Waals surface area contributed by atoms with Crippen LogP contribution in [0.1, 0.15) is 44.2 Å². The molecule has 198 valence electrons. The third kappa shape index (κ3) is 6.40. The highest BCUT2D eigenvalue weighted by Crippen LogP contribution is 2.37. The molecular weight excluding hydrogens is 477 g/mol. The molecule has 3 atom stereocenters. The normalized spacial score (nSPS) is 18.6. The SMILES string of the molecule is CN(CC(O)C1CC(c2c[nH]c3cc(F)ccc23)CN1C(=O)OCc1ccccc1)C(=O)OC(C)(C)C. The number of aromatic amines is 1. The van der Waals surface area contributed by atoms with Crippen molar-refractivity contribution in [3.63, 3.8) is 0 Å². The number of likely N-dealkylation sites (tertiary alicyclic amines) is 1. The molecule has 2 N–H and O–H groups in total. The van der Waals surface area contributed by atoms with Gasteiger partial charge in [-0.2, -0.15) is 0 Å². The van der Waals surface area contributed by atoms with Crippen LogP contribution in [0.3, 0.4) is 0 Å². The van der Waals surface area contributed by atoms with Crippen molar-refractivity contribution in [3.05, 3.63) is 71.7 Å². The van der Waals surface area contributed by atoms with Crippen LogP contribution in [0.25, 0.3) is 10.9 Å². The zero-order valence-electron chi connectivity index (χ0n) is 21.6. The maximum atomic E-state index is 13.7. The van der Waals surface area contributed by atoms with Gasteiger partial charge in [-0.15, -0.1) is 0 Å². The molecular formula is C28H34FN3O5. The number of nitrogens with zero attached hydrogens (tertiary/aromatic N) is 2. The molecule has 0 spiro atoms. The second kappa shape index (κ2) is 10.8. The smallest absolute Gasteiger partial charge is 0.410 e. The zero-order valence-corrected chi connectivity index (χ0v) is 21.6. The molecule has 1 aliphatic rings. The number of hydrogen-bond acceptors (Lipinski definition) is 5. The third-order valence-electron chi connectivity index (χ3n) is 6.51. The molecule has 0 aliphatic carbocycles. The number of nitrogens with one attached hydrogen (secondary N) is 1. The van der Waals surface area contributed by atoms with E-state index in [-0.39, 0.29) is 24.9 Å². The molecule has 9 heteroatoms. The standard InChI is InChI=1S/C28H34FN3O5/c1-28(2,3)37-26(34)31(4)16-25(33)24-12-19(22-14-30-23-13-20(29)10-11-21(22)23)15-32(24)27(35)36-17-18-8-6-5-7-9-18/h5-11,13-14,19,24-25,30,33H,12,15-17H2,1-4H3. The number of benzene rings is 2. The summed E-state index contributed by atoms with van der Waals surface area (Å²) >= 11 is 0. The number of likely N-dealkylation sites (N-methyl/N-ethyl adjacent to an activating group) is 1. The molecule has 3 unspecified atom stereocenters. The zero-order chi connectivity index (χ0) is 26.7. The van der Waals surface area contributed by atoms with Crippen molar-refractivity contribution in [1.82, 2.24) is 14.8 Å². The first kappa shape index (κ1) is 26.5. The van der Waals surface area contributed by atoms with Gasteiger partial charge in [0.25, 0.3) is 0 Å². The molecule has 8 nitrogen and oxygen atoms in total. The minimum Gasteiger partial charge on any atom is -0.445 e. The fourth-order valence-corrected chi connectivity index (χ4v) is 4.74. The van der Waals surface area contributed by atoms with E-state index in [2.05, 4.69) is 4.98 Å². The van der Waals surface area contributed by atoms with E-state index in [0.29, 0.717) is 18.5 Å². The highest BCUT2D eigenvalue weighted by Gasteiger charge is 2.42. The first-order valence-corrected chi connectivity index (χ1v) is 12.4. The van der Waals surface area contributed by atoms with Crippen molar-refractivity contribution in [3.8, 4) is 0 Å². The molecule has 2 amide bonds. The minimum atomic E-state index is -1.03. The molecule has 2 aromatic carbocycles. The summed E-state index contributed by atoms with van der Waals surface area (Å²) in [6, 6.07) is 13.3. The van der Waals surface area contributed by atoms with E-state index < -0.39 is 29.9 Å². The summed E-state index contributed by atoms with van der Waals surface area (Å²) in [5.74, 6) is -0.452. The van der Waals surface area contributed by atoms with Gasteiger partial charge in [0, 0.05) is 36.6 Å². The van der Waals surface area contributed by atoms with Crippen LogP contribution in [0.4, 0.5) is 14.0 Å². The average molecular weight is 512 g/mol. The number of aliphatic hydroxyl groups excluding tert-OH is 1. The van der Waals surface area contributed by atoms with Crippen LogP contribution < -0.4 is 0 Å². The van der Waals surface area contributed by atoms with Crippen molar-refractivity contribution >= 4 is 23.1 Å². The molecule has 4 rings (SSSR count). The first-order valence-electron chi connectivity index (χ1n) is 12.4. The second-order valence-corrected chi connectivity index (χ2v) is 10.6. The van der Waals surface area contributed by atoms with E-state index in [1.807, 2.05) is 36.5 Å². The summed E-state index contributed by atoms with van der Waals surface area (Å²) < 4.78 is 24.7. The average Bonchev–Trinajstić information content (AvgIpc) is 3.46. The van der Waals surface area contributed by atoms with E-state index in [1.165, 1.54) is 21.9 Å². The number of halogens is 1. The molecule has 37 heavy (non-hydrogen) atoms. The van der Waals surface area contributed by atoms with Crippen molar-refractivity contribution < 1.29 is 28.6 Å². The van der Waals surface area contributed by atoms with E-state index >= 15 is 0 Å². The summed E-state index contributed by atoms with van der Waals surface area (Å²) in [5.41, 5.74) is 1.79. The minimum absolute atomic E-state index is 0.0200. The maximum Gasteiger partial charge on any atom is 0.410 e. The van der Waals surface area contributed by atoms with Gasteiger partial charge in [0.2, 0.25) is 0 Å². The summed E-state index contributed by atoms with van der Waals surface area (Å²) in [6.07, 6.45) is 0.145. The maximum absolute atomic E-state index is 13.7. The molecule has 1 fully saturated rings. The van der Waals surface area contributed by atoms with Crippen molar-refractivity contribution in [2.24, 2.45) is 0 Å². The van der Waals surface area contributed by atoms with E-state index in [1.54, 1.807) is 33.9 Å². The lowest BCUT2D eigenvalue weighted by Gasteiger charge is -2.31. The van der Waals surface area contributed by atoms with Gasteiger partial charge in [0.05, 0.1) is 18.7 Å². The number of H-pyrrole nitrogens is 1. The fraction of sp³-hybridized carbons (Fsp3) is 0.429. The largest absolute Gasteiger partial charge is 0.445 e. The molecule has 3 aromatic rings. The van der Waals surface area contributed by atoms with Crippen LogP contribution in [0.5, 0.6) is 0 Å². The molecule has 0 radical (unpaired) electrons. The predicted molar refractivity (Wildman–Crippen MR) is 138 cm³/mol. The third-order valence-corrected chi connectivity index (χ3v) is 6.51. The number of fused-ring (bicyclic) bond motifs is 1. The number of hydrogen-bond donors (Lipinski definition) is 2. The Labute approximate surface area is 216 Å². The van der Waals surface area contributed by atoms with Gasteiger partial charge in [0.15, 0.2) is 0 Å². The Bertz CT molecular complexity index is 1240. The van der Waals surface area contributed by atoms with Gasteiger partial charge in [-0.3, -0.25) is 0 Å². The van der Waals surface area contributed by atoms with E-state index in [4.69, 9.17) is 9.47 Å². The van der Waals surface area contributed by atoms with Gasteiger partial charge >= 0.3 is 12.2 Å². The number of carbonyl (C=O) groups is 2. The van der Waals surface area contributed by atoms with Crippen LogP contribution in [-0.2, 0) is 16.1 Å². The number of amides is 2. The van der Waals surface area contributed by atoms with Crippen LogP contribution in [0.2, 0.25) is 0 Å². The van der Waals surface area contributed by atoms with Crippen LogP contribution in [-0.4, -0.2) is 70.0 Å². The Morgan fingerprint density at radius 3 is 2.65 bits per heavy atom. The number of ether oxygens (including phenoxy) is 2. The topological polar surface area (TPSA) is 95.1 Å². The second-order valence-electron chi connectivity index (χ2n) is 10.6. The van der Waals surface area contributed by atoms with Gasteiger partial charge < -0.3 is 29.4 Å². The lowest BCUT2D eigenvalue weighted by atomic mass is 9.94. The molecule has 1 aliphatic heterocycles. The Morgan fingerprint density at radius 1 is 1.22 bits per heavy atom. The van der Waals surface area contributed by atoms with Crippen molar-refractivity contribution in [2.75, 3.05) is 20.1 Å². The van der Waals surface area contributed by atoms with Crippen LogP contribution in [0, 0.1) is 5.82 Å². The summed E-state index contributed by atoms with van der Waals surface area (Å²) in [6.45, 7) is 5.72. The lowest BCUT2D eigenvalue weighted by Crippen LogP contribution is -2.48. The quantitative estimate of drug-likeness (QED) is 0.484. The summed E-state index contributed by atoms with van der Waals surface area (Å²) in [7, 11) is 1.55. The Hall–Kier alpha value is -3.59. The Morgan fingerprint density at radius 2 is 1.95 bits per heavy atom. The summed E-state index contributed by atoms with van der Waals surface area (Å²) in [4.78, 5) is 31.6. The molecule has 1 aromatic heterocycles. The highest BCUT2D eigenvalue weighted by atomic mass is 19.1. The van der Waals surface area contributed by atoms with Gasteiger partial charge in [0.1, 0.15) is 18.0 Å². The number of carbonyl (C=O) groups excluding carboxylic acids is 2. The number of aliphatic hydroxyl groups is 1. The molecule has 2 heterocycles. The van der Waals surface area contributed by atoms with Gasteiger partial charge in [-0.05, 0) is 56.5 Å². The molecule has 0 saturated carbocycles. The van der Waals surface area contributed by atoms with Gasteiger partial charge in [-0.1, -0.05) is 30.3 Å².